The van der Waals surface area contributed by atoms with Crippen LogP contribution in [0.4, 0.5) is 5.82 Å². The number of aromatic nitrogens is 2. The van der Waals surface area contributed by atoms with Crippen LogP contribution >= 0.6 is 11.3 Å². The Kier molecular flexibility index (Phi) is 4.49. The molecular weight excluding hydrogens is 286 g/mol. The molecule has 1 N–H and O–H groups in total. The fourth-order valence-corrected chi connectivity index (χ4v) is 2.43. The molecule has 21 heavy (non-hydrogen) atoms. The van der Waals surface area contributed by atoms with E-state index < -0.39 is 0 Å². The fourth-order valence-electron chi connectivity index (χ4n) is 1.67. The lowest BCUT2D eigenvalue weighted by molar-refractivity contribution is 0.0987. The number of nitrogens with one attached hydrogen (secondary N) is 1. The summed E-state index contributed by atoms with van der Waals surface area (Å²) in [7, 11) is 0. The van der Waals surface area contributed by atoms with Crippen LogP contribution in [0.1, 0.15) is 23.5 Å². The first-order valence-electron chi connectivity index (χ1n) is 5.97. The van der Waals surface area contributed by atoms with Gasteiger partial charge in [-0.3, -0.25) is 4.79 Å². The van der Waals surface area contributed by atoms with Crippen molar-refractivity contribution < 1.29 is 9.32 Å². The topological polar surface area (TPSA) is 68.0 Å². The van der Waals surface area contributed by atoms with Gasteiger partial charge in [0, 0.05) is 17.0 Å². The molecule has 0 unspecified atom stereocenters. The first-order chi connectivity index (χ1) is 9.72. The maximum absolute atomic E-state index is 11.8. The molecule has 2 aromatic heterocycles. The van der Waals surface area contributed by atoms with Crippen LogP contribution in [0.5, 0.6) is 0 Å². The van der Waals surface area contributed by atoms with Gasteiger partial charge in [0.15, 0.2) is 0 Å². The summed E-state index contributed by atoms with van der Waals surface area (Å²) in [5.74, 6) is 0.310. The lowest BCUT2D eigenvalue weighted by Gasteiger charge is -1.98. The Morgan fingerprint density at radius 3 is 2.67 bits per heavy atom. The number of anilines is 1. The minimum Gasteiger partial charge on any atom is -0.351 e. The third-order valence-electron chi connectivity index (χ3n) is 2.71. The molecule has 2 heterocycles. The van der Waals surface area contributed by atoms with Gasteiger partial charge in [0.25, 0.3) is 5.91 Å². The zero-order valence-electron chi connectivity index (χ0n) is 10.7. The lowest BCUT2D eigenvalue weighted by Crippen LogP contribution is -2.10. The quantitative estimate of drug-likeness (QED) is 0.794. The largest absolute Gasteiger partial charge is 0.351 e. The lowest BCUT2D eigenvalue weighted by atomic mass is 10.2. The van der Waals surface area contributed by atoms with Gasteiger partial charge >= 0.3 is 0 Å². The Hall–Kier alpha value is -2.47. The molecule has 0 aliphatic heterocycles. The summed E-state index contributed by atoms with van der Waals surface area (Å²) in [6.45, 7) is 2.04. The first kappa shape index (κ1) is 14.9. The number of hydrogen-bond acceptors (Lipinski definition) is 5. The summed E-state index contributed by atoms with van der Waals surface area (Å²) in [5, 5.41) is 8.82. The van der Waals surface area contributed by atoms with Crippen molar-refractivity contribution in [2.24, 2.45) is 0 Å². The number of aryl methyl sites for hydroxylation is 1. The molecule has 108 valence electrons. The number of carbonyl (C=O) groups excluding carboxylic acids is 1. The highest BCUT2D eigenvalue weighted by molar-refractivity contribution is 7.13. The zero-order chi connectivity index (χ0) is 13.9. The summed E-state index contributed by atoms with van der Waals surface area (Å²) in [6, 6.07) is 9.59. The van der Waals surface area contributed by atoms with E-state index in [0.717, 1.165) is 10.6 Å². The van der Waals surface area contributed by atoms with Crippen molar-refractivity contribution in [1.29, 1.82) is 0 Å². The molecule has 0 saturated heterocycles. The van der Waals surface area contributed by atoms with Crippen LogP contribution in [0.25, 0.3) is 10.6 Å². The van der Waals surface area contributed by atoms with Crippen LogP contribution < -0.4 is 5.32 Å². The summed E-state index contributed by atoms with van der Waals surface area (Å²) >= 11 is 1.48. The molecule has 3 rings (SSSR count). The average Bonchev–Trinajstić information content (AvgIpc) is 3.10. The molecule has 0 aliphatic rings. The van der Waals surface area contributed by atoms with Gasteiger partial charge in [0.2, 0.25) is 5.76 Å². The van der Waals surface area contributed by atoms with E-state index in [0.29, 0.717) is 5.82 Å². The predicted molar refractivity (Wildman–Crippen MR) is 83.5 cm³/mol. The van der Waals surface area contributed by atoms with Crippen molar-refractivity contribution >= 4 is 23.1 Å². The molecule has 0 radical (unpaired) electrons. The average molecular weight is 301 g/mol. The SMILES string of the molecule is C.Cc1ccc(-c2nc(NC(=O)c3ccno3)cs2)cc1. The van der Waals surface area contributed by atoms with Gasteiger partial charge in [-0.1, -0.05) is 42.4 Å². The number of rotatable bonds is 3. The van der Waals surface area contributed by atoms with E-state index >= 15 is 0 Å². The van der Waals surface area contributed by atoms with Crippen molar-refractivity contribution in [1.82, 2.24) is 10.1 Å². The van der Waals surface area contributed by atoms with Crippen LogP contribution in [-0.2, 0) is 0 Å². The molecular formula is C15H15N3O2S. The van der Waals surface area contributed by atoms with Crippen molar-refractivity contribution in [3.05, 3.63) is 53.2 Å². The van der Waals surface area contributed by atoms with Crippen LogP contribution in [0.15, 0.2) is 46.4 Å². The Balaban J connectivity index is 0.00000161. The highest BCUT2D eigenvalue weighted by Crippen LogP contribution is 2.26. The molecule has 0 aliphatic carbocycles. The van der Waals surface area contributed by atoms with E-state index in [9.17, 15) is 4.79 Å². The molecule has 0 fully saturated rings. The molecule has 1 amide bonds. The van der Waals surface area contributed by atoms with Gasteiger partial charge in [-0.25, -0.2) is 4.98 Å². The standard InChI is InChI=1S/C14H11N3O2S.CH4/c1-9-2-4-10(5-3-9)14-17-12(8-20-14)16-13(18)11-6-7-15-19-11;/h2-8H,1H3,(H,16,18);1H4. The fraction of sp³-hybridized carbons (Fsp3) is 0.133. The van der Waals surface area contributed by atoms with E-state index in [-0.39, 0.29) is 19.1 Å². The Labute approximate surface area is 126 Å². The van der Waals surface area contributed by atoms with Gasteiger partial charge in [-0.2, -0.15) is 0 Å². The summed E-state index contributed by atoms with van der Waals surface area (Å²) in [5.41, 5.74) is 2.23. The predicted octanol–water partition coefficient (Wildman–Crippen LogP) is 3.99. The summed E-state index contributed by atoms with van der Waals surface area (Å²) in [4.78, 5) is 16.2. The normalized spacial score (nSPS) is 9.95. The van der Waals surface area contributed by atoms with Crippen molar-refractivity contribution in [2.45, 2.75) is 14.4 Å². The molecule has 3 aromatic rings. The molecule has 1 aromatic carbocycles. The minimum atomic E-state index is -0.358. The molecule has 0 bridgehead atoms. The van der Waals surface area contributed by atoms with Gasteiger partial charge in [0.05, 0.1) is 6.20 Å². The monoisotopic (exact) mass is 301 g/mol. The number of amides is 1. The third-order valence-corrected chi connectivity index (χ3v) is 3.60. The highest BCUT2D eigenvalue weighted by Gasteiger charge is 2.12. The minimum absolute atomic E-state index is 0. The molecule has 0 saturated carbocycles. The zero-order valence-corrected chi connectivity index (χ0v) is 11.5. The van der Waals surface area contributed by atoms with Crippen molar-refractivity contribution in [2.75, 3.05) is 5.32 Å². The van der Waals surface area contributed by atoms with E-state index in [1.165, 1.54) is 29.2 Å². The van der Waals surface area contributed by atoms with E-state index in [1.54, 1.807) is 5.38 Å². The summed E-state index contributed by atoms with van der Waals surface area (Å²) < 4.78 is 4.79. The van der Waals surface area contributed by atoms with Gasteiger partial charge in [0.1, 0.15) is 10.8 Å². The molecule has 5 nitrogen and oxygen atoms in total. The number of hydrogen-bond donors (Lipinski definition) is 1. The Morgan fingerprint density at radius 2 is 2.00 bits per heavy atom. The molecule has 6 heteroatoms. The van der Waals surface area contributed by atoms with Crippen LogP contribution in [0.3, 0.4) is 0 Å². The smallest absolute Gasteiger partial charge is 0.295 e. The second-order valence-electron chi connectivity index (χ2n) is 4.23. The Morgan fingerprint density at radius 1 is 1.24 bits per heavy atom. The van der Waals surface area contributed by atoms with Gasteiger partial charge in [-0.15, -0.1) is 11.3 Å². The van der Waals surface area contributed by atoms with Crippen molar-refractivity contribution in [3.63, 3.8) is 0 Å². The number of carbonyl (C=O) groups is 1. The number of thiazole rings is 1. The first-order valence-corrected chi connectivity index (χ1v) is 6.85. The summed E-state index contributed by atoms with van der Waals surface area (Å²) in [6.07, 6.45) is 1.42. The number of benzene rings is 1. The Bertz CT molecular complexity index is 718. The second-order valence-corrected chi connectivity index (χ2v) is 5.09. The van der Waals surface area contributed by atoms with Gasteiger partial charge < -0.3 is 9.84 Å². The van der Waals surface area contributed by atoms with Crippen LogP contribution in [0.2, 0.25) is 0 Å². The molecule has 0 atom stereocenters. The van der Waals surface area contributed by atoms with Crippen LogP contribution in [-0.4, -0.2) is 16.0 Å². The highest BCUT2D eigenvalue weighted by atomic mass is 32.1. The maximum atomic E-state index is 11.8. The van der Waals surface area contributed by atoms with Crippen molar-refractivity contribution in [3.8, 4) is 10.6 Å². The van der Waals surface area contributed by atoms with Crippen LogP contribution in [0, 0.1) is 6.92 Å². The van der Waals surface area contributed by atoms with E-state index in [1.807, 2.05) is 31.2 Å². The van der Waals surface area contributed by atoms with Gasteiger partial charge in [-0.05, 0) is 6.92 Å². The van der Waals surface area contributed by atoms with E-state index in [2.05, 4.69) is 15.5 Å². The van der Waals surface area contributed by atoms with E-state index in [4.69, 9.17) is 4.52 Å². The second kappa shape index (κ2) is 6.32. The number of nitrogens with zero attached hydrogens (tertiary/aromatic N) is 2. The molecule has 0 spiro atoms. The third kappa shape index (κ3) is 3.35. The maximum Gasteiger partial charge on any atom is 0.295 e.